The molecule has 0 amide bonds. The number of aryl methyl sites for hydroxylation is 2. The third-order valence-electron chi connectivity index (χ3n) is 5.24. The molecule has 2 aromatic carbocycles. The molecule has 4 rings (SSSR count). The fourth-order valence-corrected chi connectivity index (χ4v) is 3.62. The van der Waals surface area contributed by atoms with Gasteiger partial charge in [0.15, 0.2) is 11.2 Å². The molecule has 0 saturated heterocycles. The minimum Gasteiger partial charge on any atom is -0.445 e. The minimum atomic E-state index is -0.464. The summed E-state index contributed by atoms with van der Waals surface area (Å²) in [5.41, 5.74) is 1.60. The molecule has 0 fully saturated rings. The molecule has 0 aliphatic rings. The summed E-state index contributed by atoms with van der Waals surface area (Å²) in [7, 11) is 1.58. The van der Waals surface area contributed by atoms with Gasteiger partial charge < -0.3 is 9.84 Å². The van der Waals surface area contributed by atoms with Crippen LogP contribution in [0.4, 0.5) is 0 Å². The smallest absolute Gasteiger partial charge is 0.332 e. The van der Waals surface area contributed by atoms with Crippen molar-refractivity contribution in [1.29, 1.82) is 0 Å². The predicted molar refractivity (Wildman–Crippen MR) is 124 cm³/mol. The summed E-state index contributed by atoms with van der Waals surface area (Å²) in [6, 6.07) is 15.0. The van der Waals surface area contributed by atoms with Gasteiger partial charge >= 0.3 is 11.7 Å². The summed E-state index contributed by atoms with van der Waals surface area (Å²) < 4.78 is 10.2. The highest BCUT2D eigenvalue weighted by Gasteiger charge is 2.22. The van der Waals surface area contributed by atoms with Gasteiger partial charge in [-0.25, -0.2) is 4.79 Å². The molecule has 2 aromatic heterocycles. The Bertz CT molecular complexity index is 1370. The molecule has 8 nitrogen and oxygen atoms in total. The lowest BCUT2D eigenvalue weighted by Gasteiger charge is -2.11. The van der Waals surface area contributed by atoms with Crippen molar-refractivity contribution in [3.05, 3.63) is 85.5 Å². The average molecular weight is 456 g/mol. The van der Waals surface area contributed by atoms with E-state index >= 15 is 0 Å². The first-order valence-corrected chi connectivity index (χ1v) is 10.6. The van der Waals surface area contributed by atoms with Crippen LogP contribution in [-0.2, 0) is 20.1 Å². The number of fused-ring (bicyclic) bond motifs is 1. The molecule has 0 aliphatic heterocycles. The number of halogens is 1. The monoisotopic (exact) mass is 455 g/mol. The van der Waals surface area contributed by atoms with E-state index in [1.165, 1.54) is 4.57 Å². The van der Waals surface area contributed by atoms with Crippen molar-refractivity contribution in [2.75, 3.05) is 6.61 Å². The van der Waals surface area contributed by atoms with Gasteiger partial charge in [0, 0.05) is 25.0 Å². The summed E-state index contributed by atoms with van der Waals surface area (Å²) in [5, 5.41) is 8.00. The van der Waals surface area contributed by atoms with E-state index in [2.05, 4.69) is 4.98 Å². The molecule has 0 atom stereocenters. The van der Waals surface area contributed by atoms with Gasteiger partial charge in [-0.1, -0.05) is 41.4 Å². The number of hydrogen-bond donors (Lipinski definition) is 0. The van der Waals surface area contributed by atoms with E-state index in [1.54, 1.807) is 23.7 Å². The van der Waals surface area contributed by atoms with Crippen LogP contribution in [-0.4, -0.2) is 30.4 Å². The van der Waals surface area contributed by atoms with E-state index in [1.807, 2.05) is 43.3 Å². The molecule has 166 valence electrons. The standard InChI is InChI=1S/C23H23ClN4O4/c1-15-4-10-18(11-5-15)32-22-25-20-19(28(22)14-16-6-8-17(24)9-7-16)21(30)27(12-3-13-29)23(31)26(20)2/h4-11,29H,3,12-14H2,1-2H3/p+1. The van der Waals surface area contributed by atoms with Gasteiger partial charge in [-0.2, -0.15) is 4.98 Å². The highest BCUT2D eigenvalue weighted by atomic mass is 35.5. The molecule has 0 unspecified atom stereocenters. The third-order valence-corrected chi connectivity index (χ3v) is 5.49. The lowest BCUT2D eigenvalue weighted by atomic mass is 10.2. The second-order valence-electron chi connectivity index (χ2n) is 7.60. The topological polar surface area (TPSA) is 94.0 Å². The molecule has 0 saturated carbocycles. The number of aromatic nitrogens is 4. The second-order valence-corrected chi connectivity index (χ2v) is 8.03. The van der Waals surface area contributed by atoms with Crippen LogP contribution in [0.3, 0.4) is 0 Å². The van der Waals surface area contributed by atoms with Crippen LogP contribution in [0.25, 0.3) is 11.2 Å². The van der Waals surface area contributed by atoms with Crippen molar-refractivity contribution in [2.45, 2.75) is 26.4 Å². The Morgan fingerprint density at radius 2 is 1.72 bits per heavy atom. The Morgan fingerprint density at radius 1 is 1.03 bits per heavy atom. The fourth-order valence-electron chi connectivity index (χ4n) is 3.49. The first-order valence-electron chi connectivity index (χ1n) is 10.2. The van der Waals surface area contributed by atoms with Crippen molar-refractivity contribution < 1.29 is 9.84 Å². The Balaban J connectivity index is 1.92. The van der Waals surface area contributed by atoms with Gasteiger partial charge in [-0.3, -0.25) is 18.5 Å². The summed E-state index contributed by atoms with van der Waals surface area (Å²) >= 11 is 6.02. The van der Waals surface area contributed by atoms with Crippen molar-refractivity contribution in [3.63, 3.8) is 0 Å². The van der Waals surface area contributed by atoms with Gasteiger partial charge in [0.1, 0.15) is 12.4 Å². The normalized spacial score (nSPS) is 11.2. The van der Waals surface area contributed by atoms with E-state index in [4.69, 9.17) is 21.4 Å². The minimum absolute atomic E-state index is 0.124. The first-order chi connectivity index (χ1) is 15.4. The molecule has 2 heterocycles. The maximum absolute atomic E-state index is 13.3. The highest BCUT2D eigenvalue weighted by molar-refractivity contribution is 6.30. The lowest BCUT2D eigenvalue weighted by molar-refractivity contribution is 0.277. The van der Waals surface area contributed by atoms with Crippen molar-refractivity contribution in [3.8, 4) is 11.8 Å². The van der Waals surface area contributed by atoms with E-state index in [0.29, 0.717) is 23.7 Å². The molecule has 32 heavy (non-hydrogen) atoms. The highest BCUT2D eigenvalue weighted by Crippen LogP contribution is 2.25. The maximum atomic E-state index is 13.3. The zero-order valence-corrected chi connectivity index (χ0v) is 18.6. The first kappa shape index (κ1) is 21.9. The van der Waals surface area contributed by atoms with Gasteiger partial charge in [0.2, 0.25) is 0 Å². The Morgan fingerprint density at radius 3 is 2.38 bits per heavy atom. The fraction of sp³-hybridized carbons (Fsp3) is 0.261. The van der Waals surface area contributed by atoms with Crippen molar-refractivity contribution >= 4 is 22.8 Å². The number of ether oxygens (including phenoxy) is 1. The molecule has 0 radical (unpaired) electrons. The summed E-state index contributed by atoms with van der Waals surface area (Å²) in [5.74, 6) is 0.572. The van der Waals surface area contributed by atoms with Crippen LogP contribution < -0.4 is 16.0 Å². The molecule has 0 spiro atoms. The molecule has 9 heteroatoms. The van der Waals surface area contributed by atoms with E-state index in [0.717, 1.165) is 15.7 Å². The summed E-state index contributed by atoms with van der Waals surface area (Å²) in [6.45, 7) is 2.58. The van der Waals surface area contributed by atoms with Crippen LogP contribution >= 0.6 is 11.6 Å². The molecule has 0 aliphatic carbocycles. The third kappa shape index (κ3) is 4.19. The zero-order chi connectivity index (χ0) is 22.8. The van der Waals surface area contributed by atoms with Gasteiger partial charge in [-0.05, 0) is 36.8 Å². The van der Waals surface area contributed by atoms with E-state index in [9.17, 15) is 9.59 Å². The van der Waals surface area contributed by atoms with Gasteiger partial charge in [-0.15, -0.1) is 0 Å². The number of benzene rings is 2. The molecule has 4 aromatic rings. The summed E-state index contributed by atoms with van der Waals surface area (Å²) in [6.07, 6.45) is 0.401. The Labute approximate surface area is 188 Å². The quantitative estimate of drug-likeness (QED) is 0.400. The molecular weight excluding hydrogens is 432 g/mol. The second kappa shape index (κ2) is 9.02. The Hall–Kier alpha value is -3.36. The molecule has 0 bridgehead atoms. The number of rotatable bonds is 7. The largest absolute Gasteiger partial charge is 0.445 e. The van der Waals surface area contributed by atoms with Gasteiger partial charge in [0.25, 0.3) is 5.56 Å². The zero-order valence-electron chi connectivity index (χ0n) is 17.8. The molecular formula is C23H24ClN4O4+. The summed E-state index contributed by atoms with van der Waals surface area (Å²) in [4.78, 5) is 30.6. The van der Waals surface area contributed by atoms with E-state index in [-0.39, 0.29) is 30.3 Å². The average Bonchev–Trinajstić information content (AvgIpc) is 3.13. The Kier molecular flexibility index (Phi) is 6.16. The SMILES string of the molecule is Cc1ccc(Oc2nc3c(c(=O)n(CCC[OH2+])c(=O)n3C)n2Cc2ccc(Cl)cc2)cc1. The van der Waals surface area contributed by atoms with Crippen molar-refractivity contribution in [2.24, 2.45) is 7.05 Å². The van der Waals surface area contributed by atoms with Crippen LogP contribution in [0, 0.1) is 6.92 Å². The molecule has 2 N–H and O–H groups in total. The number of hydrogen-bond acceptors (Lipinski definition) is 4. The van der Waals surface area contributed by atoms with Crippen LogP contribution in [0.15, 0.2) is 58.1 Å². The van der Waals surface area contributed by atoms with Crippen LogP contribution in [0.2, 0.25) is 5.02 Å². The number of nitrogens with zero attached hydrogens (tertiary/aromatic N) is 4. The van der Waals surface area contributed by atoms with E-state index < -0.39 is 11.2 Å². The van der Waals surface area contributed by atoms with Crippen molar-refractivity contribution in [1.82, 2.24) is 18.7 Å². The lowest BCUT2D eigenvalue weighted by Crippen LogP contribution is -2.39. The number of imidazole rings is 1. The van der Waals surface area contributed by atoms with Gasteiger partial charge in [0.05, 0.1) is 6.54 Å². The predicted octanol–water partition coefficient (Wildman–Crippen LogP) is 2.81. The maximum Gasteiger partial charge on any atom is 0.332 e. The van der Waals surface area contributed by atoms with Crippen LogP contribution in [0.5, 0.6) is 11.8 Å². The van der Waals surface area contributed by atoms with Crippen LogP contribution in [0.1, 0.15) is 17.5 Å².